The third-order valence-electron chi connectivity index (χ3n) is 2.33. The lowest BCUT2D eigenvalue weighted by atomic mass is 9.97. The van der Waals surface area contributed by atoms with Gasteiger partial charge < -0.3 is 5.32 Å². The van der Waals surface area contributed by atoms with Crippen LogP contribution in [0.2, 0.25) is 0 Å². The van der Waals surface area contributed by atoms with Crippen molar-refractivity contribution in [2.24, 2.45) is 5.92 Å². The van der Waals surface area contributed by atoms with E-state index in [1.54, 1.807) is 0 Å². The molecular formula is C11H19N. The van der Waals surface area contributed by atoms with Crippen molar-refractivity contribution in [3.05, 3.63) is 24.8 Å². The Labute approximate surface area is 75.6 Å². The quantitative estimate of drug-likeness (QED) is 0.498. The minimum atomic E-state index is 0.830. The molecule has 1 fully saturated rings. The molecule has 12 heavy (non-hydrogen) atoms. The largest absolute Gasteiger partial charge is 0.317 e. The van der Waals surface area contributed by atoms with Crippen LogP contribution >= 0.6 is 0 Å². The van der Waals surface area contributed by atoms with Crippen LogP contribution in [0.1, 0.15) is 25.7 Å². The first-order chi connectivity index (χ1) is 5.93. The average Bonchev–Trinajstić information content (AvgIpc) is 2.14. The Balaban J connectivity index is 2.10. The summed E-state index contributed by atoms with van der Waals surface area (Å²) in [5.41, 5.74) is 0. The minimum absolute atomic E-state index is 0.830. The predicted molar refractivity (Wildman–Crippen MR) is 54.2 cm³/mol. The number of hydrogen-bond donors (Lipinski definition) is 1. The summed E-state index contributed by atoms with van der Waals surface area (Å²) in [7, 11) is 0. The Morgan fingerprint density at radius 1 is 1.25 bits per heavy atom. The van der Waals surface area contributed by atoms with Crippen LogP contribution in [0.25, 0.3) is 0 Å². The Kier molecular flexibility index (Phi) is 4.77. The molecule has 0 spiro atoms. The molecule has 68 valence electrons. The van der Waals surface area contributed by atoms with E-state index in [-0.39, 0.29) is 0 Å². The highest BCUT2D eigenvalue weighted by Crippen LogP contribution is 2.13. The van der Waals surface area contributed by atoms with Gasteiger partial charge in [0.1, 0.15) is 0 Å². The fraction of sp³-hybridized carbons (Fsp3) is 0.636. The number of unbranched alkanes of at least 4 members (excludes halogenated alkanes) is 1. The standard InChI is InChI=1S/C11H19N/c1-2-3-4-5-6-11-7-9-12-10-8-11/h2,5-6,11-12H,1,3-4,7-10H2/b6-5+. The van der Waals surface area contributed by atoms with Gasteiger partial charge in [0.25, 0.3) is 0 Å². The third-order valence-corrected chi connectivity index (χ3v) is 2.33. The third kappa shape index (κ3) is 3.72. The topological polar surface area (TPSA) is 12.0 Å². The molecule has 1 aliphatic rings. The number of hydrogen-bond acceptors (Lipinski definition) is 1. The molecule has 0 aromatic heterocycles. The molecular weight excluding hydrogens is 146 g/mol. The summed E-state index contributed by atoms with van der Waals surface area (Å²) in [5, 5.41) is 3.37. The minimum Gasteiger partial charge on any atom is -0.317 e. The van der Waals surface area contributed by atoms with Crippen molar-refractivity contribution in [3.63, 3.8) is 0 Å². The van der Waals surface area contributed by atoms with E-state index >= 15 is 0 Å². The molecule has 0 aliphatic carbocycles. The van der Waals surface area contributed by atoms with Crippen molar-refractivity contribution in [2.75, 3.05) is 13.1 Å². The van der Waals surface area contributed by atoms with E-state index in [9.17, 15) is 0 Å². The van der Waals surface area contributed by atoms with Crippen molar-refractivity contribution in [3.8, 4) is 0 Å². The van der Waals surface area contributed by atoms with Crippen LogP contribution in [0.4, 0.5) is 0 Å². The Bertz CT molecular complexity index is 143. The van der Waals surface area contributed by atoms with Crippen LogP contribution in [0, 0.1) is 5.92 Å². The van der Waals surface area contributed by atoms with E-state index in [1.165, 1.54) is 25.9 Å². The van der Waals surface area contributed by atoms with Crippen LogP contribution in [-0.2, 0) is 0 Å². The molecule has 0 aromatic rings. The predicted octanol–water partition coefficient (Wildman–Crippen LogP) is 2.51. The lowest BCUT2D eigenvalue weighted by Gasteiger charge is -2.19. The van der Waals surface area contributed by atoms with E-state index in [1.807, 2.05) is 6.08 Å². The maximum atomic E-state index is 3.70. The second kappa shape index (κ2) is 6.01. The number of rotatable bonds is 4. The molecule has 0 bridgehead atoms. The molecule has 1 nitrogen and oxygen atoms in total. The van der Waals surface area contributed by atoms with Crippen LogP contribution < -0.4 is 5.32 Å². The molecule has 0 radical (unpaired) electrons. The first-order valence-corrected chi connectivity index (χ1v) is 4.92. The summed E-state index contributed by atoms with van der Waals surface area (Å²) in [6.07, 6.45) is 11.6. The summed E-state index contributed by atoms with van der Waals surface area (Å²) in [5.74, 6) is 0.830. The van der Waals surface area contributed by atoms with Gasteiger partial charge in [-0.05, 0) is 44.7 Å². The van der Waals surface area contributed by atoms with Gasteiger partial charge in [0.15, 0.2) is 0 Å². The van der Waals surface area contributed by atoms with Gasteiger partial charge >= 0.3 is 0 Å². The maximum absolute atomic E-state index is 3.70. The van der Waals surface area contributed by atoms with Gasteiger partial charge in [-0.15, -0.1) is 6.58 Å². The Morgan fingerprint density at radius 2 is 2.00 bits per heavy atom. The summed E-state index contributed by atoms with van der Waals surface area (Å²) < 4.78 is 0. The van der Waals surface area contributed by atoms with Gasteiger partial charge in [-0.3, -0.25) is 0 Å². The molecule has 1 aliphatic heterocycles. The molecule has 0 unspecified atom stereocenters. The number of piperidine rings is 1. The molecule has 1 N–H and O–H groups in total. The summed E-state index contributed by atoms with van der Waals surface area (Å²) >= 11 is 0. The highest BCUT2D eigenvalue weighted by molar-refractivity contribution is 4.91. The number of nitrogens with one attached hydrogen (secondary N) is 1. The number of allylic oxidation sites excluding steroid dienone is 3. The van der Waals surface area contributed by atoms with Gasteiger partial charge in [-0.1, -0.05) is 18.2 Å². The summed E-state index contributed by atoms with van der Waals surface area (Å²) in [6.45, 7) is 6.08. The van der Waals surface area contributed by atoms with Crippen LogP contribution in [-0.4, -0.2) is 13.1 Å². The van der Waals surface area contributed by atoms with E-state index in [4.69, 9.17) is 0 Å². The highest BCUT2D eigenvalue weighted by atomic mass is 14.9. The molecule has 0 amide bonds. The Hall–Kier alpha value is -0.560. The van der Waals surface area contributed by atoms with Crippen molar-refractivity contribution in [2.45, 2.75) is 25.7 Å². The van der Waals surface area contributed by atoms with E-state index in [0.29, 0.717) is 0 Å². The monoisotopic (exact) mass is 165 g/mol. The molecule has 0 saturated carbocycles. The normalized spacial score (nSPS) is 20.0. The van der Waals surface area contributed by atoms with Crippen LogP contribution in [0.3, 0.4) is 0 Å². The molecule has 1 heterocycles. The Morgan fingerprint density at radius 3 is 2.67 bits per heavy atom. The van der Waals surface area contributed by atoms with Crippen LogP contribution in [0.15, 0.2) is 24.8 Å². The summed E-state index contributed by atoms with van der Waals surface area (Å²) in [4.78, 5) is 0. The molecule has 1 heteroatoms. The first-order valence-electron chi connectivity index (χ1n) is 4.92. The fourth-order valence-corrected chi connectivity index (χ4v) is 1.54. The van der Waals surface area contributed by atoms with Crippen molar-refractivity contribution < 1.29 is 0 Å². The lowest BCUT2D eigenvalue weighted by Crippen LogP contribution is -2.26. The molecule has 1 saturated heterocycles. The van der Waals surface area contributed by atoms with Gasteiger partial charge in [0.05, 0.1) is 0 Å². The second-order valence-corrected chi connectivity index (χ2v) is 3.38. The van der Waals surface area contributed by atoms with Crippen molar-refractivity contribution >= 4 is 0 Å². The SMILES string of the molecule is C=CCC/C=C/C1CCNCC1. The lowest BCUT2D eigenvalue weighted by molar-refractivity contribution is 0.436. The zero-order valence-corrected chi connectivity index (χ0v) is 7.76. The van der Waals surface area contributed by atoms with E-state index in [0.717, 1.165) is 18.8 Å². The summed E-state index contributed by atoms with van der Waals surface area (Å²) in [6, 6.07) is 0. The maximum Gasteiger partial charge on any atom is -0.00433 e. The first kappa shape index (κ1) is 9.53. The van der Waals surface area contributed by atoms with Gasteiger partial charge in [0.2, 0.25) is 0 Å². The van der Waals surface area contributed by atoms with Crippen molar-refractivity contribution in [1.82, 2.24) is 5.32 Å². The highest BCUT2D eigenvalue weighted by Gasteiger charge is 2.08. The zero-order chi connectivity index (χ0) is 8.65. The molecule has 0 aromatic carbocycles. The second-order valence-electron chi connectivity index (χ2n) is 3.38. The smallest absolute Gasteiger partial charge is 0.00433 e. The van der Waals surface area contributed by atoms with Gasteiger partial charge in [0, 0.05) is 0 Å². The molecule has 1 rings (SSSR count). The van der Waals surface area contributed by atoms with Gasteiger partial charge in [-0.2, -0.15) is 0 Å². The van der Waals surface area contributed by atoms with Crippen molar-refractivity contribution in [1.29, 1.82) is 0 Å². The molecule has 0 atom stereocenters. The van der Waals surface area contributed by atoms with E-state index in [2.05, 4.69) is 24.0 Å². The van der Waals surface area contributed by atoms with Crippen LogP contribution in [0.5, 0.6) is 0 Å². The van der Waals surface area contributed by atoms with Gasteiger partial charge in [-0.25, -0.2) is 0 Å². The zero-order valence-electron chi connectivity index (χ0n) is 7.76. The fourth-order valence-electron chi connectivity index (χ4n) is 1.54. The van der Waals surface area contributed by atoms with E-state index < -0.39 is 0 Å². The average molecular weight is 165 g/mol.